The van der Waals surface area contributed by atoms with E-state index in [0.717, 1.165) is 11.3 Å². The van der Waals surface area contributed by atoms with E-state index in [0.29, 0.717) is 11.3 Å². The molecule has 0 aliphatic carbocycles. The number of carbonyl (C=O) groups excluding carboxylic acids is 2. The van der Waals surface area contributed by atoms with Crippen molar-refractivity contribution < 1.29 is 14.3 Å². The minimum Gasteiger partial charge on any atom is -0.497 e. The maximum absolute atomic E-state index is 12.6. The summed E-state index contributed by atoms with van der Waals surface area (Å²) < 4.78 is 5.13. The van der Waals surface area contributed by atoms with Crippen LogP contribution in [-0.2, 0) is 10.2 Å². The Morgan fingerprint density at radius 3 is 2.04 bits per heavy atom. The lowest BCUT2D eigenvalue weighted by Gasteiger charge is -2.24. The standard InChI is InChI=1S/C18H20N2O3/c1-18(2,13-6-10-15(23-3)11-7-13)17(22)20-14-8-4-12(5-9-14)16(19)21/h4-11H,1-3H3,(H2,19,21)(H,20,22). The lowest BCUT2D eigenvalue weighted by Crippen LogP contribution is -2.34. The van der Waals surface area contributed by atoms with Gasteiger partial charge in [0.1, 0.15) is 5.75 Å². The Morgan fingerprint density at radius 2 is 1.57 bits per heavy atom. The summed E-state index contributed by atoms with van der Waals surface area (Å²) in [4.78, 5) is 23.6. The molecule has 5 nitrogen and oxygen atoms in total. The van der Waals surface area contributed by atoms with E-state index in [2.05, 4.69) is 5.32 Å². The van der Waals surface area contributed by atoms with Gasteiger partial charge in [0.15, 0.2) is 0 Å². The highest BCUT2D eigenvalue weighted by atomic mass is 16.5. The summed E-state index contributed by atoms with van der Waals surface area (Å²) in [6.45, 7) is 3.70. The molecule has 0 aromatic heterocycles. The number of hydrogen-bond acceptors (Lipinski definition) is 3. The van der Waals surface area contributed by atoms with Crippen LogP contribution in [0, 0.1) is 0 Å². The summed E-state index contributed by atoms with van der Waals surface area (Å²) >= 11 is 0. The molecule has 2 rings (SSSR count). The quantitative estimate of drug-likeness (QED) is 0.890. The molecule has 0 unspecified atom stereocenters. The van der Waals surface area contributed by atoms with E-state index in [1.807, 2.05) is 38.1 Å². The van der Waals surface area contributed by atoms with Crippen LogP contribution >= 0.6 is 0 Å². The lowest BCUT2D eigenvalue weighted by molar-refractivity contribution is -0.120. The zero-order chi connectivity index (χ0) is 17.0. The van der Waals surface area contributed by atoms with Crippen LogP contribution in [-0.4, -0.2) is 18.9 Å². The SMILES string of the molecule is COc1ccc(C(C)(C)C(=O)Nc2ccc(C(N)=O)cc2)cc1. The average Bonchev–Trinajstić information content (AvgIpc) is 2.55. The van der Waals surface area contributed by atoms with Crippen LogP contribution in [0.25, 0.3) is 0 Å². The molecule has 0 heterocycles. The van der Waals surface area contributed by atoms with E-state index in [9.17, 15) is 9.59 Å². The third-order valence-electron chi connectivity index (χ3n) is 3.81. The predicted octanol–water partition coefficient (Wildman–Crippen LogP) is 2.71. The second-order valence-corrected chi connectivity index (χ2v) is 5.75. The largest absolute Gasteiger partial charge is 0.497 e. The van der Waals surface area contributed by atoms with Gasteiger partial charge in [-0.25, -0.2) is 0 Å². The molecule has 0 atom stereocenters. The Kier molecular flexibility index (Phi) is 4.69. The molecule has 23 heavy (non-hydrogen) atoms. The smallest absolute Gasteiger partial charge is 0.248 e. The fraction of sp³-hybridized carbons (Fsp3) is 0.222. The first-order valence-corrected chi connectivity index (χ1v) is 7.20. The zero-order valence-corrected chi connectivity index (χ0v) is 13.4. The summed E-state index contributed by atoms with van der Waals surface area (Å²) in [6, 6.07) is 13.9. The van der Waals surface area contributed by atoms with E-state index in [1.165, 1.54) is 0 Å². The Morgan fingerprint density at radius 1 is 1.00 bits per heavy atom. The van der Waals surface area contributed by atoms with Crippen molar-refractivity contribution in [3.8, 4) is 5.75 Å². The summed E-state index contributed by atoms with van der Waals surface area (Å²) in [5.74, 6) is 0.0999. The van der Waals surface area contributed by atoms with E-state index in [1.54, 1.807) is 31.4 Å². The number of carbonyl (C=O) groups is 2. The van der Waals surface area contributed by atoms with Crippen molar-refractivity contribution in [1.82, 2.24) is 0 Å². The second kappa shape index (κ2) is 6.52. The summed E-state index contributed by atoms with van der Waals surface area (Å²) in [7, 11) is 1.60. The zero-order valence-electron chi connectivity index (χ0n) is 13.4. The third kappa shape index (κ3) is 3.69. The number of methoxy groups -OCH3 is 1. The molecule has 0 saturated heterocycles. The van der Waals surface area contributed by atoms with Crippen LogP contribution < -0.4 is 15.8 Å². The van der Waals surface area contributed by atoms with Gasteiger partial charge in [-0.3, -0.25) is 9.59 Å². The maximum atomic E-state index is 12.6. The van der Waals surface area contributed by atoms with Crippen molar-refractivity contribution in [2.75, 3.05) is 12.4 Å². The Balaban J connectivity index is 2.15. The van der Waals surface area contributed by atoms with Crippen molar-refractivity contribution in [2.24, 2.45) is 5.73 Å². The highest BCUT2D eigenvalue weighted by Crippen LogP contribution is 2.27. The van der Waals surface area contributed by atoms with Gasteiger partial charge in [-0.1, -0.05) is 12.1 Å². The summed E-state index contributed by atoms with van der Waals surface area (Å²) in [5.41, 5.74) is 6.38. The number of nitrogens with one attached hydrogen (secondary N) is 1. The van der Waals surface area contributed by atoms with Crippen molar-refractivity contribution in [1.29, 1.82) is 0 Å². The number of benzene rings is 2. The number of hydrogen-bond donors (Lipinski definition) is 2. The molecule has 2 aromatic rings. The third-order valence-corrected chi connectivity index (χ3v) is 3.81. The molecule has 2 aromatic carbocycles. The predicted molar refractivity (Wildman–Crippen MR) is 89.6 cm³/mol. The molecule has 0 spiro atoms. The Labute approximate surface area is 135 Å². The van der Waals surface area contributed by atoms with E-state index < -0.39 is 11.3 Å². The molecule has 5 heteroatoms. The van der Waals surface area contributed by atoms with E-state index >= 15 is 0 Å². The minimum atomic E-state index is -0.714. The summed E-state index contributed by atoms with van der Waals surface area (Å²) in [6.07, 6.45) is 0. The lowest BCUT2D eigenvalue weighted by atomic mass is 9.83. The van der Waals surface area contributed by atoms with Gasteiger partial charge in [0.05, 0.1) is 12.5 Å². The first-order chi connectivity index (χ1) is 10.8. The van der Waals surface area contributed by atoms with Gasteiger partial charge in [-0.2, -0.15) is 0 Å². The molecule has 0 fully saturated rings. The van der Waals surface area contributed by atoms with Gasteiger partial charge >= 0.3 is 0 Å². The second-order valence-electron chi connectivity index (χ2n) is 5.75. The molecule has 0 radical (unpaired) electrons. The van der Waals surface area contributed by atoms with Crippen LogP contribution in [0.15, 0.2) is 48.5 Å². The molecule has 0 aliphatic rings. The normalized spacial score (nSPS) is 10.9. The average molecular weight is 312 g/mol. The number of primary amides is 1. The van der Waals surface area contributed by atoms with Gasteiger partial charge in [0.25, 0.3) is 0 Å². The topological polar surface area (TPSA) is 81.4 Å². The monoisotopic (exact) mass is 312 g/mol. The Bertz CT molecular complexity index is 704. The van der Waals surface area contributed by atoms with Crippen LogP contribution in [0.4, 0.5) is 5.69 Å². The van der Waals surface area contributed by atoms with Crippen molar-refractivity contribution in [3.05, 3.63) is 59.7 Å². The molecule has 120 valence electrons. The summed E-state index contributed by atoms with van der Waals surface area (Å²) in [5, 5.41) is 2.85. The van der Waals surface area contributed by atoms with Gasteiger partial charge in [0, 0.05) is 11.3 Å². The fourth-order valence-corrected chi connectivity index (χ4v) is 2.14. The molecule has 3 N–H and O–H groups in total. The van der Waals surface area contributed by atoms with Gasteiger partial charge in [0.2, 0.25) is 11.8 Å². The van der Waals surface area contributed by atoms with Crippen LogP contribution in [0.3, 0.4) is 0 Å². The van der Waals surface area contributed by atoms with Crippen molar-refractivity contribution in [2.45, 2.75) is 19.3 Å². The first kappa shape index (κ1) is 16.5. The van der Waals surface area contributed by atoms with Crippen molar-refractivity contribution >= 4 is 17.5 Å². The van der Waals surface area contributed by atoms with Gasteiger partial charge in [-0.15, -0.1) is 0 Å². The van der Waals surface area contributed by atoms with Crippen LogP contribution in [0.1, 0.15) is 29.8 Å². The number of anilines is 1. The number of rotatable bonds is 5. The van der Waals surface area contributed by atoms with E-state index in [4.69, 9.17) is 10.5 Å². The highest BCUT2D eigenvalue weighted by molar-refractivity contribution is 5.99. The fourth-order valence-electron chi connectivity index (χ4n) is 2.14. The minimum absolute atomic E-state index is 0.144. The molecule has 0 bridgehead atoms. The maximum Gasteiger partial charge on any atom is 0.248 e. The highest BCUT2D eigenvalue weighted by Gasteiger charge is 2.29. The Hall–Kier alpha value is -2.82. The molecule has 0 saturated carbocycles. The molecular weight excluding hydrogens is 292 g/mol. The van der Waals surface area contributed by atoms with Crippen LogP contribution in [0.2, 0.25) is 0 Å². The molecule has 0 aliphatic heterocycles. The van der Waals surface area contributed by atoms with Crippen molar-refractivity contribution in [3.63, 3.8) is 0 Å². The molecular formula is C18H20N2O3. The molecule has 2 amide bonds. The van der Waals surface area contributed by atoms with Crippen LogP contribution in [0.5, 0.6) is 5.75 Å². The van der Waals surface area contributed by atoms with Gasteiger partial charge in [-0.05, 0) is 55.8 Å². The van der Waals surface area contributed by atoms with E-state index in [-0.39, 0.29) is 5.91 Å². The number of amides is 2. The number of ether oxygens (including phenoxy) is 1. The first-order valence-electron chi connectivity index (χ1n) is 7.20. The van der Waals surface area contributed by atoms with Gasteiger partial charge < -0.3 is 15.8 Å². The number of nitrogens with two attached hydrogens (primary N) is 1.